The number of rotatable bonds is 4. The second kappa shape index (κ2) is 5.53. The number of hydrogen-bond donors (Lipinski definition) is 2. The SMILES string of the molecule is CC(=O)c1cc(F)ccc1C(O)C(O)CC#N. The minimum absolute atomic E-state index is 0.00879. The minimum Gasteiger partial charge on any atom is -0.389 e. The molecule has 5 heteroatoms. The van der Waals surface area contributed by atoms with E-state index in [1.54, 1.807) is 6.07 Å². The largest absolute Gasteiger partial charge is 0.389 e. The Morgan fingerprint density at radius 3 is 2.71 bits per heavy atom. The lowest BCUT2D eigenvalue weighted by Crippen LogP contribution is -2.19. The number of halogens is 1. The highest BCUT2D eigenvalue weighted by Crippen LogP contribution is 2.24. The maximum Gasteiger partial charge on any atom is 0.160 e. The number of carbonyl (C=O) groups excluding carboxylic acids is 1. The molecule has 0 saturated heterocycles. The summed E-state index contributed by atoms with van der Waals surface area (Å²) in [5.74, 6) is -1.01. The van der Waals surface area contributed by atoms with Crippen LogP contribution in [0.5, 0.6) is 0 Å². The Hall–Kier alpha value is -1.77. The number of nitriles is 1. The number of ketones is 1. The van der Waals surface area contributed by atoms with Gasteiger partial charge in [0.2, 0.25) is 0 Å². The Labute approximate surface area is 97.9 Å². The van der Waals surface area contributed by atoms with Crippen LogP contribution in [0.4, 0.5) is 4.39 Å². The number of carbonyl (C=O) groups is 1. The van der Waals surface area contributed by atoms with E-state index in [0.29, 0.717) is 0 Å². The summed E-state index contributed by atoms with van der Waals surface area (Å²) in [5, 5.41) is 27.6. The van der Waals surface area contributed by atoms with Crippen LogP contribution in [-0.4, -0.2) is 22.1 Å². The summed E-state index contributed by atoms with van der Waals surface area (Å²) in [7, 11) is 0. The Kier molecular flexibility index (Phi) is 4.32. The Balaban J connectivity index is 3.13. The van der Waals surface area contributed by atoms with Crippen molar-refractivity contribution in [1.29, 1.82) is 5.26 Å². The lowest BCUT2D eigenvalue weighted by Gasteiger charge is -2.18. The molecular formula is C12H12FNO3. The van der Waals surface area contributed by atoms with E-state index in [-0.39, 0.29) is 17.5 Å². The number of benzene rings is 1. The maximum atomic E-state index is 13.0. The fraction of sp³-hybridized carbons (Fsp3) is 0.333. The van der Waals surface area contributed by atoms with E-state index in [2.05, 4.69) is 0 Å². The molecule has 0 aromatic heterocycles. The lowest BCUT2D eigenvalue weighted by atomic mass is 9.95. The van der Waals surface area contributed by atoms with Gasteiger partial charge in [0.05, 0.1) is 18.6 Å². The second-order valence-electron chi connectivity index (χ2n) is 3.66. The first-order valence-corrected chi connectivity index (χ1v) is 5.00. The predicted octanol–water partition coefficient (Wildman–Crippen LogP) is 1.34. The van der Waals surface area contributed by atoms with E-state index in [9.17, 15) is 19.4 Å². The number of nitrogens with zero attached hydrogens (tertiary/aromatic N) is 1. The van der Waals surface area contributed by atoms with E-state index in [1.165, 1.54) is 13.0 Å². The third-order valence-corrected chi connectivity index (χ3v) is 2.38. The second-order valence-corrected chi connectivity index (χ2v) is 3.66. The van der Waals surface area contributed by atoms with Crippen LogP contribution in [0.1, 0.15) is 35.4 Å². The smallest absolute Gasteiger partial charge is 0.160 e. The van der Waals surface area contributed by atoms with Gasteiger partial charge in [-0.3, -0.25) is 4.79 Å². The molecule has 0 fully saturated rings. The molecule has 1 aromatic carbocycles. The van der Waals surface area contributed by atoms with Crippen molar-refractivity contribution in [2.75, 3.05) is 0 Å². The van der Waals surface area contributed by atoms with Crippen LogP contribution in [0.25, 0.3) is 0 Å². The average molecular weight is 237 g/mol. The van der Waals surface area contributed by atoms with Crippen LogP contribution in [0.2, 0.25) is 0 Å². The predicted molar refractivity (Wildman–Crippen MR) is 57.6 cm³/mol. The van der Waals surface area contributed by atoms with E-state index in [4.69, 9.17) is 5.26 Å². The molecule has 0 amide bonds. The molecule has 90 valence electrons. The first kappa shape index (κ1) is 13.3. The van der Waals surface area contributed by atoms with Crippen molar-refractivity contribution in [3.63, 3.8) is 0 Å². The van der Waals surface area contributed by atoms with Gasteiger partial charge in [-0.2, -0.15) is 5.26 Å². The van der Waals surface area contributed by atoms with Crippen molar-refractivity contribution in [3.8, 4) is 6.07 Å². The van der Waals surface area contributed by atoms with Gasteiger partial charge < -0.3 is 10.2 Å². The molecule has 2 unspecified atom stereocenters. The molecule has 2 atom stereocenters. The Morgan fingerprint density at radius 1 is 1.53 bits per heavy atom. The highest BCUT2D eigenvalue weighted by Gasteiger charge is 2.22. The van der Waals surface area contributed by atoms with E-state index in [0.717, 1.165) is 12.1 Å². The fourth-order valence-electron chi connectivity index (χ4n) is 1.50. The number of Topliss-reactive ketones (excluding diaryl/α,β-unsaturated/α-hetero) is 1. The minimum atomic E-state index is -1.38. The standard InChI is InChI=1S/C12H12FNO3/c1-7(15)10-6-8(13)2-3-9(10)12(17)11(16)4-5-14/h2-3,6,11-12,16-17H,4H2,1H3. The van der Waals surface area contributed by atoms with Gasteiger partial charge in [-0.05, 0) is 24.6 Å². The van der Waals surface area contributed by atoms with Gasteiger partial charge >= 0.3 is 0 Å². The number of hydrogen-bond acceptors (Lipinski definition) is 4. The summed E-state index contributed by atoms with van der Waals surface area (Å²) in [6.07, 6.45) is -2.95. The molecule has 0 bridgehead atoms. The van der Waals surface area contributed by atoms with Gasteiger partial charge in [-0.15, -0.1) is 0 Å². The van der Waals surface area contributed by atoms with Crippen LogP contribution in [0.15, 0.2) is 18.2 Å². The van der Waals surface area contributed by atoms with Gasteiger partial charge in [-0.25, -0.2) is 4.39 Å². The Bertz CT molecular complexity index is 467. The first-order chi connectivity index (χ1) is 7.97. The molecule has 0 radical (unpaired) electrons. The van der Waals surface area contributed by atoms with E-state index < -0.39 is 23.8 Å². The number of aliphatic hydroxyl groups is 2. The molecule has 1 aromatic rings. The van der Waals surface area contributed by atoms with E-state index in [1.807, 2.05) is 0 Å². The Morgan fingerprint density at radius 2 is 2.18 bits per heavy atom. The highest BCUT2D eigenvalue weighted by atomic mass is 19.1. The summed E-state index contributed by atoms with van der Waals surface area (Å²) in [6, 6.07) is 5.03. The first-order valence-electron chi connectivity index (χ1n) is 5.00. The summed E-state index contributed by atoms with van der Waals surface area (Å²) in [5.41, 5.74) is 0.135. The van der Waals surface area contributed by atoms with Gasteiger partial charge in [0.15, 0.2) is 5.78 Å². The average Bonchev–Trinajstić information content (AvgIpc) is 2.28. The zero-order valence-electron chi connectivity index (χ0n) is 9.22. The molecule has 0 spiro atoms. The fourth-order valence-corrected chi connectivity index (χ4v) is 1.50. The summed E-state index contributed by atoms with van der Waals surface area (Å²) in [6.45, 7) is 1.24. The van der Waals surface area contributed by atoms with Gasteiger partial charge in [0, 0.05) is 5.56 Å². The van der Waals surface area contributed by atoms with Crippen LogP contribution in [0.3, 0.4) is 0 Å². The third-order valence-electron chi connectivity index (χ3n) is 2.38. The van der Waals surface area contributed by atoms with Crippen LogP contribution >= 0.6 is 0 Å². The van der Waals surface area contributed by atoms with Gasteiger partial charge in [0.1, 0.15) is 11.9 Å². The molecule has 2 N–H and O–H groups in total. The molecule has 17 heavy (non-hydrogen) atoms. The lowest BCUT2D eigenvalue weighted by molar-refractivity contribution is 0.0211. The molecular weight excluding hydrogens is 225 g/mol. The van der Waals surface area contributed by atoms with Crippen molar-refractivity contribution < 1.29 is 19.4 Å². The van der Waals surface area contributed by atoms with Crippen molar-refractivity contribution in [1.82, 2.24) is 0 Å². The maximum absolute atomic E-state index is 13.0. The quantitative estimate of drug-likeness (QED) is 0.774. The van der Waals surface area contributed by atoms with Gasteiger partial charge in [-0.1, -0.05) is 6.07 Å². The van der Waals surface area contributed by atoms with Gasteiger partial charge in [0.25, 0.3) is 0 Å². The monoisotopic (exact) mass is 237 g/mol. The molecule has 0 heterocycles. The van der Waals surface area contributed by atoms with E-state index >= 15 is 0 Å². The normalized spacial score (nSPS) is 13.8. The summed E-state index contributed by atoms with van der Waals surface area (Å²) < 4.78 is 13.0. The van der Waals surface area contributed by atoms with Crippen molar-refractivity contribution in [2.45, 2.75) is 25.6 Å². The molecule has 0 aliphatic heterocycles. The third kappa shape index (κ3) is 3.09. The van der Waals surface area contributed by atoms with Crippen molar-refractivity contribution >= 4 is 5.78 Å². The summed E-state index contributed by atoms with van der Waals surface area (Å²) in [4.78, 5) is 11.3. The van der Waals surface area contributed by atoms with Crippen molar-refractivity contribution in [2.24, 2.45) is 0 Å². The zero-order valence-corrected chi connectivity index (χ0v) is 9.22. The number of aliphatic hydroxyl groups excluding tert-OH is 2. The zero-order chi connectivity index (χ0) is 13.0. The molecule has 1 rings (SSSR count). The molecule has 0 saturated carbocycles. The van der Waals surface area contributed by atoms with Crippen molar-refractivity contribution in [3.05, 3.63) is 35.1 Å². The molecule has 4 nitrogen and oxygen atoms in total. The van der Waals surface area contributed by atoms with Crippen LogP contribution < -0.4 is 0 Å². The molecule has 0 aliphatic carbocycles. The summed E-state index contributed by atoms with van der Waals surface area (Å²) >= 11 is 0. The highest BCUT2D eigenvalue weighted by molar-refractivity contribution is 5.95. The topological polar surface area (TPSA) is 81.3 Å². The molecule has 0 aliphatic rings. The van der Waals surface area contributed by atoms with Crippen LogP contribution in [0, 0.1) is 17.1 Å². The van der Waals surface area contributed by atoms with Crippen LogP contribution in [-0.2, 0) is 0 Å².